The third-order valence-corrected chi connectivity index (χ3v) is 4.23. The zero-order chi connectivity index (χ0) is 14.1. The fraction of sp³-hybridized carbons (Fsp3) is 0.600. The first-order valence-electron chi connectivity index (χ1n) is 7.24. The van der Waals surface area contributed by atoms with Crippen molar-refractivity contribution in [2.24, 2.45) is 5.92 Å². The van der Waals surface area contributed by atoms with Gasteiger partial charge in [-0.3, -0.25) is 4.90 Å². The van der Waals surface area contributed by atoms with Crippen LogP contribution in [0.15, 0.2) is 12.1 Å². The van der Waals surface area contributed by atoms with E-state index in [2.05, 4.69) is 10.2 Å². The van der Waals surface area contributed by atoms with E-state index in [9.17, 15) is 13.2 Å². The molecule has 3 rings (SSSR count). The zero-order valence-electron chi connectivity index (χ0n) is 11.7. The van der Waals surface area contributed by atoms with E-state index in [1.807, 2.05) is 0 Å². The predicted molar refractivity (Wildman–Crippen MR) is 78.1 cm³/mol. The van der Waals surface area contributed by atoms with Crippen LogP contribution in [-0.4, -0.2) is 31.1 Å². The number of rotatable bonds is 4. The van der Waals surface area contributed by atoms with E-state index in [0.29, 0.717) is 12.0 Å². The van der Waals surface area contributed by atoms with Crippen molar-refractivity contribution < 1.29 is 13.2 Å². The molecule has 2 nitrogen and oxygen atoms in total. The van der Waals surface area contributed by atoms with Crippen LogP contribution in [0.4, 0.5) is 13.2 Å². The topological polar surface area (TPSA) is 15.3 Å². The van der Waals surface area contributed by atoms with E-state index in [4.69, 9.17) is 0 Å². The van der Waals surface area contributed by atoms with Crippen molar-refractivity contribution in [3.05, 3.63) is 35.1 Å². The van der Waals surface area contributed by atoms with Gasteiger partial charge in [-0.2, -0.15) is 0 Å². The molecule has 2 fully saturated rings. The molecule has 0 amide bonds. The number of halogens is 4. The lowest BCUT2D eigenvalue weighted by molar-refractivity contribution is 0.156. The van der Waals surface area contributed by atoms with E-state index in [1.165, 1.54) is 0 Å². The lowest BCUT2D eigenvalue weighted by atomic mass is 9.97. The van der Waals surface area contributed by atoms with Crippen LogP contribution in [0.2, 0.25) is 0 Å². The third kappa shape index (κ3) is 3.90. The molecule has 0 aromatic heterocycles. The van der Waals surface area contributed by atoms with E-state index in [0.717, 1.165) is 51.5 Å². The van der Waals surface area contributed by atoms with Gasteiger partial charge in [0.1, 0.15) is 5.82 Å². The lowest BCUT2D eigenvalue weighted by Crippen LogP contribution is -2.45. The van der Waals surface area contributed by atoms with E-state index < -0.39 is 17.5 Å². The van der Waals surface area contributed by atoms with E-state index in [-0.39, 0.29) is 24.0 Å². The smallest absolute Gasteiger partial charge is 0.163 e. The highest BCUT2D eigenvalue weighted by molar-refractivity contribution is 5.85. The van der Waals surface area contributed by atoms with E-state index in [1.54, 1.807) is 0 Å². The molecule has 1 N–H and O–H groups in total. The minimum Gasteiger partial charge on any atom is -0.314 e. The van der Waals surface area contributed by atoms with Crippen molar-refractivity contribution >= 4 is 12.4 Å². The van der Waals surface area contributed by atoms with Crippen LogP contribution in [0.3, 0.4) is 0 Å². The van der Waals surface area contributed by atoms with Gasteiger partial charge in [0.05, 0.1) is 0 Å². The minimum atomic E-state index is -1.09. The monoisotopic (exact) mass is 320 g/mol. The average Bonchev–Trinajstić information content (AvgIpc) is 3.25. The molecule has 1 saturated carbocycles. The molecule has 1 aromatic rings. The summed E-state index contributed by atoms with van der Waals surface area (Å²) < 4.78 is 41.0. The lowest BCUT2D eigenvalue weighted by Gasteiger charge is -2.35. The first-order chi connectivity index (χ1) is 9.65. The maximum atomic E-state index is 14.1. The number of nitrogens with one attached hydrogen (secondary N) is 1. The third-order valence-electron chi connectivity index (χ3n) is 4.23. The van der Waals surface area contributed by atoms with Crippen LogP contribution in [0.5, 0.6) is 0 Å². The Labute approximate surface area is 129 Å². The maximum absolute atomic E-state index is 14.1. The molecule has 1 aromatic carbocycles. The Morgan fingerprint density at radius 3 is 2.43 bits per heavy atom. The first-order valence-corrected chi connectivity index (χ1v) is 7.24. The Bertz CT molecular complexity index is 488. The second-order valence-corrected chi connectivity index (χ2v) is 5.77. The highest BCUT2D eigenvalue weighted by Gasteiger charge is 2.32. The van der Waals surface area contributed by atoms with Crippen LogP contribution < -0.4 is 5.32 Å². The van der Waals surface area contributed by atoms with E-state index >= 15 is 0 Å². The molecule has 2 aliphatic rings. The van der Waals surface area contributed by atoms with Gasteiger partial charge in [-0.15, -0.1) is 12.4 Å². The Morgan fingerprint density at radius 2 is 1.81 bits per heavy atom. The molecule has 21 heavy (non-hydrogen) atoms. The molecule has 1 heterocycles. The predicted octanol–water partition coefficient (Wildman–Crippen LogP) is 3.27. The molecular weight excluding hydrogens is 301 g/mol. The summed E-state index contributed by atoms with van der Waals surface area (Å²) in [6.45, 7) is 3.24. The van der Waals surface area contributed by atoms with Crippen molar-refractivity contribution in [3.8, 4) is 0 Å². The fourth-order valence-electron chi connectivity index (χ4n) is 2.95. The van der Waals surface area contributed by atoms with Gasteiger partial charge in [0.2, 0.25) is 0 Å². The Morgan fingerprint density at radius 1 is 1.14 bits per heavy atom. The summed E-state index contributed by atoms with van der Waals surface area (Å²) in [6.07, 6.45) is 3.07. The molecule has 1 atom stereocenters. The highest BCUT2D eigenvalue weighted by atomic mass is 35.5. The van der Waals surface area contributed by atoms with Gasteiger partial charge in [0.25, 0.3) is 0 Å². The summed E-state index contributed by atoms with van der Waals surface area (Å²) >= 11 is 0. The standard InChI is InChI=1S/C15H19F3N2.ClH/c16-11-8-12(15(18)13(17)9-11)14(7-10-1-2-10)20-5-3-19-4-6-20;/h8-10,14,19H,1-7H2;1H/t14-;/m1./s1. The number of benzene rings is 1. The van der Waals surface area contributed by atoms with Crippen LogP contribution in [0.25, 0.3) is 0 Å². The van der Waals surface area contributed by atoms with Crippen molar-refractivity contribution in [3.63, 3.8) is 0 Å². The fourth-order valence-corrected chi connectivity index (χ4v) is 2.95. The summed E-state index contributed by atoms with van der Waals surface area (Å²) in [7, 11) is 0. The second kappa shape index (κ2) is 6.99. The van der Waals surface area contributed by atoms with Gasteiger partial charge in [-0.25, -0.2) is 13.2 Å². The first kappa shape index (κ1) is 16.6. The molecular formula is C15H20ClF3N2. The van der Waals surface area contributed by atoms with Crippen LogP contribution >= 0.6 is 12.4 Å². The SMILES string of the molecule is Cl.Fc1cc(F)c(F)c([C@@H](CC2CC2)N2CCNCC2)c1. The molecule has 0 spiro atoms. The molecule has 1 saturated heterocycles. The molecule has 6 heteroatoms. The quantitative estimate of drug-likeness (QED) is 0.857. The largest absolute Gasteiger partial charge is 0.314 e. The summed E-state index contributed by atoms with van der Waals surface area (Å²) in [4.78, 5) is 2.14. The minimum absolute atomic E-state index is 0. The molecule has 0 radical (unpaired) electrons. The van der Waals surface area contributed by atoms with Crippen molar-refractivity contribution in [1.29, 1.82) is 0 Å². The van der Waals surface area contributed by atoms with Gasteiger partial charge in [-0.1, -0.05) is 12.8 Å². The van der Waals surface area contributed by atoms with Gasteiger partial charge < -0.3 is 5.32 Å². The van der Waals surface area contributed by atoms with Crippen molar-refractivity contribution in [1.82, 2.24) is 10.2 Å². The van der Waals surface area contributed by atoms with Crippen LogP contribution in [-0.2, 0) is 0 Å². The number of hydrogen-bond acceptors (Lipinski definition) is 2. The van der Waals surface area contributed by atoms with Crippen molar-refractivity contribution in [2.75, 3.05) is 26.2 Å². The second-order valence-electron chi connectivity index (χ2n) is 5.77. The summed E-state index contributed by atoms with van der Waals surface area (Å²) in [6, 6.07) is 1.56. The van der Waals surface area contributed by atoms with Gasteiger partial charge in [0, 0.05) is 43.9 Å². The maximum Gasteiger partial charge on any atom is 0.163 e. The van der Waals surface area contributed by atoms with Crippen LogP contribution in [0, 0.1) is 23.4 Å². The molecule has 118 valence electrons. The summed E-state index contributed by atoms with van der Waals surface area (Å²) in [5.41, 5.74) is 0.177. The van der Waals surface area contributed by atoms with Crippen LogP contribution in [0.1, 0.15) is 30.9 Å². The van der Waals surface area contributed by atoms with Crippen molar-refractivity contribution in [2.45, 2.75) is 25.3 Å². The average molecular weight is 321 g/mol. The molecule has 1 aliphatic carbocycles. The Hall–Kier alpha value is -0.780. The number of hydrogen-bond donors (Lipinski definition) is 1. The number of nitrogens with zero attached hydrogens (tertiary/aromatic N) is 1. The Kier molecular flexibility index (Phi) is 5.52. The Balaban J connectivity index is 0.00000161. The highest BCUT2D eigenvalue weighted by Crippen LogP contribution is 2.41. The van der Waals surface area contributed by atoms with Gasteiger partial charge in [0.15, 0.2) is 11.6 Å². The van der Waals surface area contributed by atoms with Gasteiger partial charge in [-0.05, 0) is 18.4 Å². The number of piperazine rings is 1. The molecule has 1 aliphatic heterocycles. The normalized spacial score (nSPS) is 20.9. The molecule has 0 bridgehead atoms. The summed E-state index contributed by atoms with van der Waals surface area (Å²) in [5.74, 6) is -2.11. The molecule has 0 unspecified atom stereocenters. The van der Waals surface area contributed by atoms with Gasteiger partial charge >= 0.3 is 0 Å². The zero-order valence-corrected chi connectivity index (χ0v) is 12.6. The summed E-state index contributed by atoms with van der Waals surface area (Å²) in [5, 5.41) is 3.24.